The predicted octanol–water partition coefficient (Wildman–Crippen LogP) is 5.41. The zero-order chi connectivity index (χ0) is 18.6. The summed E-state index contributed by atoms with van der Waals surface area (Å²) in [6.45, 7) is 0.386. The van der Waals surface area contributed by atoms with Gasteiger partial charge in [0.15, 0.2) is 0 Å². The van der Waals surface area contributed by atoms with Gasteiger partial charge in [-0.1, -0.05) is 42.5 Å². The third-order valence-electron chi connectivity index (χ3n) is 3.65. The molecule has 0 fully saturated rings. The van der Waals surface area contributed by atoms with E-state index in [2.05, 4.69) is 4.74 Å². The maximum Gasteiger partial charge on any atom is 0.573 e. The fourth-order valence-corrected chi connectivity index (χ4v) is 2.48. The van der Waals surface area contributed by atoms with Gasteiger partial charge in [-0.2, -0.15) is 0 Å². The van der Waals surface area contributed by atoms with Crippen molar-refractivity contribution in [2.75, 3.05) is 5.73 Å². The van der Waals surface area contributed by atoms with Crippen molar-refractivity contribution in [1.29, 1.82) is 0 Å². The minimum atomic E-state index is -4.76. The van der Waals surface area contributed by atoms with Gasteiger partial charge in [0.2, 0.25) is 0 Å². The van der Waals surface area contributed by atoms with Crippen molar-refractivity contribution in [2.24, 2.45) is 0 Å². The lowest BCUT2D eigenvalue weighted by atomic mass is 10.0. The Morgan fingerprint density at radius 2 is 1.58 bits per heavy atom. The molecular weight excluding hydrogens is 343 g/mol. The number of ether oxygens (including phenoxy) is 2. The zero-order valence-electron chi connectivity index (χ0n) is 13.7. The highest BCUT2D eigenvalue weighted by Crippen LogP contribution is 2.33. The van der Waals surface area contributed by atoms with E-state index in [-0.39, 0.29) is 5.75 Å². The van der Waals surface area contributed by atoms with Crippen LogP contribution < -0.4 is 15.2 Å². The summed E-state index contributed by atoms with van der Waals surface area (Å²) in [5.41, 5.74) is 8.36. The van der Waals surface area contributed by atoms with E-state index < -0.39 is 6.36 Å². The highest BCUT2D eigenvalue weighted by Gasteiger charge is 2.31. The molecule has 3 rings (SSSR count). The molecule has 0 aromatic heterocycles. The van der Waals surface area contributed by atoms with Crippen molar-refractivity contribution < 1.29 is 22.6 Å². The number of nitrogen functional groups attached to an aromatic ring is 1. The molecule has 0 saturated carbocycles. The lowest BCUT2D eigenvalue weighted by Gasteiger charge is -2.13. The molecule has 0 radical (unpaired) electrons. The average Bonchev–Trinajstić information content (AvgIpc) is 2.61. The first-order valence-corrected chi connectivity index (χ1v) is 7.83. The van der Waals surface area contributed by atoms with Gasteiger partial charge in [-0.05, 0) is 41.5 Å². The number of hydrogen-bond donors (Lipinski definition) is 1. The number of anilines is 1. The van der Waals surface area contributed by atoms with Crippen LogP contribution in [0.1, 0.15) is 5.56 Å². The number of alkyl halides is 3. The Balaban J connectivity index is 1.82. The molecule has 0 amide bonds. The van der Waals surface area contributed by atoms with Crippen LogP contribution in [0, 0.1) is 0 Å². The Kier molecular flexibility index (Phi) is 5.02. The lowest BCUT2D eigenvalue weighted by Crippen LogP contribution is -2.17. The van der Waals surface area contributed by atoms with Crippen molar-refractivity contribution in [3.63, 3.8) is 0 Å². The van der Waals surface area contributed by atoms with Gasteiger partial charge in [0.1, 0.15) is 18.1 Å². The van der Waals surface area contributed by atoms with Crippen LogP contribution in [-0.2, 0) is 6.61 Å². The van der Waals surface area contributed by atoms with Crippen molar-refractivity contribution in [1.82, 2.24) is 0 Å². The smallest absolute Gasteiger partial charge is 0.489 e. The second-order valence-electron chi connectivity index (χ2n) is 5.60. The van der Waals surface area contributed by atoms with E-state index in [1.165, 1.54) is 18.2 Å². The number of rotatable bonds is 5. The first kappa shape index (κ1) is 17.7. The molecular formula is C20H16F3NO2. The average molecular weight is 359 g/mol. The van der Waals surface area contributed by atoms with Gasteiger partial charge in [-0.15, -0.1) is 13.2 Å². The minimum absolute atomic E-state index is 0.322. The Hall–Kier alpha value is -3.15. The highest BCUT2D eigenvalue weighted by molar-refractivity contribution is 5.78. The molecule has 0 atom stereocenters. The van der Waals surface area contributed by atoms with Crippen LogP contribution in [0.15, 0.2) is 72.8 Å². The normalized spacial score (nSPS) is 11.2. The van der Waals surface area contributed by atoms with Crippen LogP contribution in [0.4, 0.5) is 18.9 Å². The maximum atomic E-state index is 12.4. The van der Waals surface area contributed by atoms with E-state index in [9.17, 15) is 13.2 Å². The van der Waals surface area contributed by atoms with E-state index in [1.54, 1.807) is 24.3 Å². The fraction of sp³-hybridized carbons (Fsp3) is 0.100. The first-order valence-electron chi connectivity index (χ1n) is 7.83. The second-order valence-corrected chi connectivity index (χ2v) is 5.60. The molecule has 2 N–H and O–H groups in total. The van der Waals surface area contributed by atoms with E-state index in [1.807, 2.05) is 30.3 Å². The monoisotopic (exact) mass is 359 g/mol. The van der Waals surface area contributed by atoms with Crippen LogP contribution in [0.5, 0.6) is 11.5 Å². The zero-order valence-corrected chi connectivity index (χ0v) is 13.7. The van der Waals surface area contributed by atoms with E-state index >= 15 is 0 Å². The lowest BCUT2D eigenvalue weighted by molar-refractivity contribution is -0.274. The fourth-order valence-electron chi connectivity index (χ4n) is 2.48. The quantitative estimate of drug-likeness (QED) is 0.619. The molecule has 0 aliphatic heterocycles. The van der Waals surface area contributed by atoms with Gasteiger partial charge >= 0.3 is 6.36 Å². The van der Waals surface area contributed by atoms with E-state index in [0.29, 0.717) is 29.2 Å². The van der Waals surface area contributed by atoms with Crippen molar-refractivity contribution in [3.05, 3.63) is 78.4 Å². The summed E-state index contributed by atoms with van der Waals surface area (Å²) < 4.78 is 47.0. The highest BCUT2D eigenvalue weighted by atomic mass is 19.4. The van der Waals surface area contributed by atoms with Gasteiger partial charge in [0.25, 0.3) is 0 Å². The summed E-state index contributed by atoms with van der Waals surface area (Å²) in [5, 5.41) is 0. The standard InChI is InChI=1S/C20H16F3NO2/c21-20(22,23)26-17-9-10-19(24)18(12-17)15-7-4-8-16(11-15)25-13-14-5-2-1-3-6-14/h1-12H,13,24H2. The van der Waals surface area contributed by atoms with Gasteiger partial charge in [0, 0.05) is 11.3 Å². The third kappa shape index (κ3) is 4.69. The van der Waals surface area contributed by atoms with E-state index in [4.69, 9.17) is 10.5 Å². The van der Waals surface area contributed by atoms with Crippen LogP contribution in [0.25, 0.3) is 11.1 Å². The number of halogens is 3. The van der Waals surface area contributed by atoms with Crippen LogP contribution in [-0.4, -0.2) is 6.36 Å². The van der Waals surface area contributed by atoms with Crippen LogP contribution in [0.3, 0.4) is 0 Å². The van der Waals surface area contributed by atoms with Crippen molar-refractivity contribution in [2.45, 2.75) is 13.0 Å². The number of hydrogen-bond acceptors (Lipinski definition) is 3. The topological polar surface area (TPSA) is 44.5 Å². The molecule has 3 aromatic carbocycles. The maximum absolute atomic E-state index is 12.4. The molecule has 3 nitrogen and oxygen atoms in total. The van der Waals surface area contributed by atoms with E-state index in [0.717, 1.165) is 5.56 Å². The van der Waals surface area contributed by atoms with Crippen LogP contribution >= 0.6 is 0 Å². The summed E-state index contributed by atoms with van der Waals surface area (Å²) in [5.74, 6) is 0.269. The van der Waals surface area contributed by atoms with Gasteiger partial charge in [0.05, 0.1) is 0 Å². The molecule has 0 spiro atoms. The predicted molar refractivity (Wildman–Crippen MR) is 93.7 cm³/mol. The largest absolute Gasteiger partial charge is 0.573 e. The Labute approximate surface area is 148 Å². The molecule has 3 aromatic rings. The summed E-state index contributed by atoms with van der Waals surface area (Å²) in [6, 6.07) is 20.5. The van der Waals surface area contributed by atoms with Crippen LogP contribution in [0.2, 0.25) is 0 Å². The molecule has 0 saturated heterocycles. The minimum Gasteiger partial charge on any atom is -0.489 e. The molecule has 0 unspecified atom stereocenters. The Morgan fingerprint density at radius 1 is 0.808 bits per heavy atom. The van der Waals surface area contributed by atoms with Gasteiger partial charge in [-0.3, -0.25) is 0 Å². The Morgan fingerprint density at radius 3 is 2.31 bits per heavy atom. The second kappa shape index (κ2) is 7.39. The molecule has 134 valence electrons. The van der Waals surface area contributed by atoms with Crippen molar-refractivity contribution in [3.8, 4) is 22.6 Å². The van der Waals surface area contributed by atoms with Crippen molar-refractivity contribution >= 4 is 5.69 Å². The summed E-state index contributed by atoms with van der Waals surface area (Å²) in [4.78, 5) is 0. The number of nitrogens with two attached hydrogens (primary N) is 1. The summed E-state index contributed by atoms with van der Waals surface area (Å²) in [7, 11) is 0. The summed E-state index contributed by atoms with van der Waals surface area (Å²) >= 11 is 0. The molecule has 0 heterocycles. The number of benzene rings is 3. The Bertz CT molecular complexity index is 880. The summed E-state index contributed by atoms with van der Waals surface area (Å²) in [6.07, 6.45) is -4.76. The third-order valence-corrected chi connectivity index (χ3v) is 3.65. The van der Waals surface area contributed by atoms with Gasteiger partial charge in [-0.25, -0.2) is 0 Å². The molecule has 0 aliphatic carbocycles. The molecule has 0 aliphatic rings. The van der Waals surface area contributed by atoms with Gasteiger partial charge < -0.3 is 15.2 Å². The first-order chi connectivity index (χ1) is 12.4. The molecule has 6 heteroatoms. The molecule has 26 heavy (non-hydrogen) atoms. The SMILES string of the molecule is Nc1ccc(OC(F)(F)F)cc1-c1cccc(OCc2ccccc2)c1. The molecule has 0 bridgehead atoms.